The topological polar surface area (TPSA) is 104 Å². The van der Waals surface area contributed by atoms with Crippen molar-refractivity contribution in [2.75, 3.05) is 24.8 Å². The minimum Gasteiger partial charge on any atom is -0.502 e. The van der Waals surface area contributed by atoms with E-state index in [1.54, 1.807) is 16.0 Å². The van der Waals surface area contributed by atoms with Crippen LogP contribution in [0.3, 0.4) is 0 Å². The highest BCUT2D eigenvalue weighted by Gasteiger charge is 2.43. The van der Waals surface area contributed by atoms with E-state index in [4.69, 9.17) is 4.74 Å². The third kappa shape index (κ3) is 3.83. The fourth-order valence-corrected chi connectivity index (χ4v) is 4.65. The largest absolute Gasteiger partial charge is 0.502 e. The summed E-state index contributed by atoms with van der Waals surface area (Å²) in [5.41, 5.74) is -0.712. The van der Waals surface area contributed by atoms with E-state index in [9.17, 15) is 23.9 Å². The zero-order chi connectivity index (χ0) is 23.2. The smallest absolute Gasteiger partial charge is 0.278 e. The first-order valence-corrected chi connectivity index (χ1v) is 11.2. The zero-order valence-electron chi connectivity index (χ0n) is 17.5. The third-order valence-corrected chi connectivity index (χ3v) is 6.53. The summed E-state index contributed by atoms with van der Waals surface area (Å²) in [7, 11) is 0. The maximum Gasteiger partial charge on any atom is 0.278 e. The molecule has 1 aromatic carbocycles. The highest BCUT2D eigenvalue weighted by molar-refractivity contribution is 14.1. The Balaban J connectivity index is 1.70. The highest BCUT2D eigenvalue weighted by Crippen LogP contribution is 2.27. The van der Waals surface area contributed by atoms with Gasteiger partial charge in [-0.3, -0.25) is 24.1 Å². The molecule has 1 saturated heterocycles. The summed E-state index contributed by atoms with van der Waals surface area (Å²) in [6.45, 7) is 4.82. The number of ether oxygens (including phenoxy) is 1. The molecule has 2 aliphatic heterocycles. The van der Waals surface area contributed by atoms with Gasteiger partial charge >= 0.3 is 0 Å². The number of fused-ring (bicyclic) bond motifs is 3. The molecule has 1 fully saturated rings. The van der Waals surface area contributed by atoms with Gasteiger partial charge in [-0.15, -0.1) is 0 Å². The van der Waals surface area contributed by atoms with Crippen molar-refractivity contribution in [1.82, 2.24) is 14.9 Å². The van der Waals surface area contributed by atoms with Gasteiger partial charge in [-0.2, -0.15) is 0 Å². The quantitative estimate of drug-likeness (QED) is 0.552. The van der Waals surface area contributed by atoms with Crippen LogP contribution in [0, 0.1) is 9.39 Å². The van der Waals surface area contributed by atoms with Crippen LogP contribution in [0.5, 0.6) is 5.75 Å². The Bertz CT molecular complexity index is 1150. The molecule has 0 bridgehead atoms. The number of aromatic nitrogens is 1. The molecule has 9 nitrogen and oxygen atoms in total. The van der Waals surface area contributed by atoms with Crippen molar-refractivity contribution in [2.45, 2.75) is 32.6 Å². The minimum atomic E-state index is -0.925. The number of hydrogen-bond acceptors (Lipinski definition) is 6. The number of halogens is 2. The van der Waals surface area contributed by atoms with Crippen LogP contribution in [0.4, 0.5) is 4.39 Å². The summed E-state index contributed by atoms with van der Waals surface area (Å²) < 4.78 is 20.9. The number of pyridine rings is 1. The standard InChI is InChI=1S/C21H22FIN4O5/c1-11(2)27-16-10-32-6-5-25(16)26-9-14(18(28)19(29)17(26)21(27)31)20(30)24-8-12-3-4-13(22)7-15(12)23/h3-4,7,9,11,16,29H,5-6,8,10H2,1-2H3,(H,24,30)/t16-/m1/s1. The molecule has 0 saturated carbocycles. The van der Waals surface area contributed by atoms with Crippen LogP contribution in [-0.4, -0.2) is 58.5 Å². The molecule has 0 spiro atoms. The lowest BCUT2D eigenvalue weighted by atomic mass is 10.1. The van der Waals surface area contributed by atoms with Crippen molar-refractivity contribution < 1.29 is 23.8 Å². The maximum absolute atomic E-state index is 13.3. The Morgan fingerprint density at radius 2 is 2.12 bits per heavy atom. The number of aromatic hydroxyl groups is 1. The van der Waals surface area contributed by atoms with Crippen LogP contribution in [0.1, 0.15) is 40.3 Å². The number of carbonyl (C=O) groups is 2. The normalized spacial score (nSPS) is 17.9. The number of nitrogens with one attached hydrogen (secondary N) is 1. The molecule has 0 aliphatic carbocycles. The van der Waals surface area contributed by atoms with Crippen LogP contribution < -0.4 is 15.8 Å². The maximum atomic E-state index is 13.3. The summed E-state index contributed by atoms with van der Waals surface area (Å²) in [6, 6.07) is 3.98. The van der Waals surface area contributed by atoms with Crippen LogP contribution >= 0.6 is 22.6 Å². The van der Waals surface area contributed by atoms with Crippen LogP contribution in [-0.2, 0) is 11.3 Å². The summed E-state index contributed by atoms with van der Waals surface area (Å²) >= 11 is 1.96. The molecular weight excluding hydrogens is 534 g/mol. The second-order valence-electron chi connectivity index (χ2n) is 7.86. The summed E-state index contributed by atoms with van der Waals surface area (Å²) in [6.07, 6.45) is 0.860. The van der Waals surface area contributed by atoms with Gasteiger partial charge in [0.05, 0.1) is 19.8 Å². The van der Waals surface area contributed by atoms with Crippen LogP contribution in [0.15, 0.2) is 29.2 Å². The fourth-order valence-electron chi connectivity index (χ4n) is 3.98. The molecule has 2 aliphatic rings. The van der Waals surface area contributed by atoms with Crippen molar-refractivity contribution in [3.05, 3.63) is 60.8 Å². The van der Waals surface area contributed by atoms with Gasteiger partial charge in [0.2, 0.25) is 5.43 Å². The predicted octanol–water partition coefficient (Wildman–Crippen LogP) is 1.39. The summed E-state index contributed by atoms with van der Waals surface area (Å²) in [5, 5.41) is 15.1. The fraction of sp³-hybridized carbons (Fsp3) is 0.381. The second kappa shape index (κ2) is 8.70. The lowest BCUT2D eigenvalue weighted by Gasteiger charge is -2.49. The van der Waals surface area contributed by atoms with E-state index < -0.39 is 29.2 Å². The van der Waals surface area contributed by atoms with Gasteiger partial charge in [-0.05, 0) is 54.1 Å². The molecule has 11 heteroatoms. The van der Waals surface area contributed by atoms with Crippen molar-refractivity contribution in [1.29, 1.82) is 0 Å². The van der Waals surface area contributed by atoms with Crippen LogP contribution in [0.2, 0.25) is 0 Å². The van der Waals surface area contributed by atoms with E-state index >= 15 is 0 Å². The molecular formula is C21H22FIN4O5. The van der Waals surface area contributed by atoms with Crippen molar-refractivity contribution in [3.63, 3.8) is 0 Å². The molecule has 0 unspecified atom stereocenters. The molecule has 1 atom stereocenters. The minimum absolute atomic E-state index is 0.0690. The molecule has 170 valence electrons. The average Bonchev–Trinajstić information content (AvgIpc) is 2.74. The molecule has 2 amide bonds. The van der Waals surface area contributed by atoms with Crippen molar-refractivity contribution in [2.24, 2.45) is 0 Å². The molecule has 4 rings (SSSR count). The number of rotatable bonds is 4. The Kier molecular flexibility index (Phi) is 6.12. The first-order valence-electron chi connectivity index (χ1n) is 10.1. The van der Waals surface area contributed by atoms with E-state index in [1.165, 1.54) is 23.0 Å². The van der Waals surface area contributed by atoms with E-state index in [0.717, 1.165) is 0 Å². The van der Waals surface area contributed by atoms with Gasteiger partial charge in [0.1, 0.15) is 17.5 Å². The summed E-state index contributed by atoms with van der Waals surface area (Å²) in [5.74, 6) is -2.37. The Hall–Kier alpha value is -2.67. The second-order valence-corrected chi connectivity index (χ2v) is 9.02. The number of morpholine rings is 1. The molecule has 2 N–H and O–H groups in total. The lowest BCUT2D eigenvalue weighted by Crippen LogP contribution is -2.67. The predicted molar refractivity (Wildman–Crippen MR) is 122 cm³/mol. The average molecular weight is 556 g/mol. The van der Waals surface area contributed by atoms with Gasteiger partial charge in [0, 0.05) is 22.4 Å². The highest BCUT2D eigenvalue weighted by atomic mass is 127. The molecule has 1 aromatic heterocycles. The summed E-state index contributed by atoms with van der Waals surface area (Å²) in [4.78, 5) is 40.3. The van der Waals surface area contributed by atoms with Crippen molar-refractivity contribution >= 4 is 34.4 Å². The zero-order valence-corrected chi connectivity index (χ0v) is 19.6. The van der Waals surface area contributed by atoms with Gasteiger partial charge < -0.3 is 20.1 Å². The number of amides is 2. The van der Waals surface area contributed by atoms with E-state index in [1.807, 2.05) is 36.4 Å². The number of carbonyl (C=O) groups excluding carboxylic acids is 2. The monoisotopic (exact) mass is 556 g/mol. The number of hydrogen-bond donors (Lipinski definition) is 2. The lowest BCUT2D eigenvalue weighted by molar-refractivity contribution is -0.00498. The number of nitrogens with zero attached hydrogens (tertiary/aromatic N) is 3. The van der Waals surface area contributed by atoms with E-state index in [-0.39, 0.29) is 36.3 Å². The molecule has 0 radical (unpaired) electrons. The number of benzene rings is 1. The van der Waals surface area contributed by atoms with E-state index in [2.05, 4.69) is 5.32 Å². The van der Waals surface area contributed by atoms with E-state index in [0.29, 0.717) is 22.3 Å². The Morgan fingerprint density at radius 1 is 1.38 bits per heavy atom. The SMILES string of the molecule is CC(C)N1C(=O)c2c(O)c(=O)c(C(=O)NCc3ccc(F)cc3I)cn2N2CCOC[C@@H]12. The first kappa shape index (κ1) is 22.5. The van der Waals surface area contributed by atoms with Gasteiger partial charge in [0.25, 0.3) is 11.8 Å². The van der Waals surface area contributed by atoms with Gasteiger partial charge in [-0.25, -0.2) is 4.39 Å². The van der Waals surface area contributed by atoms with Crippen LogP contribution in [0.25, 0.3) is 0 Å². The van der Waals surface area contributed by atoms with Gasteiger partial charge in [0.15, 0.2) is 11.4 Å². The molecule has 2 aromatic rings. The Morgan fingerprint density at radius 3 is 2.81 bits per heavy atom. The Labute approximate surface area is 196 Å². The van der Waals surface area contributed by atoms with Gasteiger partial charge in [-0.1, -0.05) is 6.07 Å². The molecule has 32 heavy (non-hydrogen) atoms. The third-order valence-electron chi connectivity index (χ3n) is 5.53. The first-order chi connectivity index (χ1) is 15.2. The van der Waals surface area contributed by atoms with Crippen molar-refractivity contribution in [3.8, 4) is 5.75 Å². The molecule has 3 heterocycles.